The molecule has 0 aliphatic heterocycles. The lowest BCUT2D eigenvalue weighted by Crippen LogP contribution is -2.41. The van der Waals surface area contributed by atoms with Crippen molar-refractivity contribution in [3.63, 3.8) is 0 Å². The summed E-state index contributed by atoms with van der Waals surface area (Å²) < 4.78 is 1.78. The van der Waals surface area contributed by atoms with E-state index in [0.29, 0.717) is 6.54 Å². The van der Waals surface area contributed by atoms with Gasteiger partial charge in [0.05, 0.1) is 11.9 Å². The molecule has 1 amide bonds. The topological polar surface area (TPSA) is 58.9 Å². The van der Waals surface area contributed by atoms with Gasteiger partial charge in [-0.25, -0.2) is 0 Å². The molecule has 0 spiro atoms. The minimum absolute atomic E-state index is 0.0395. The number of carbonyl (C=O) groups is 1. The van der Waals surface area contributed by atoms with E-state index in [1.54, 1.807) is 4.68 Å². The second-order valence-electron chi connectivity index (χ2n) is 7.82. The summed E-state index contributed by atoms with van der Waals surface area (Å²) in [5.41, 5.74) is 4.14. The third-order valence-electron chi connectivity index (χ3n) is 4.37. The summed E-state index contributed by atoms with van der Waals surface area (Å²) in [4.78, 5) is 12.5. The van der Waals surface area contributed by atoms with Crippen molar-refractivity contribution >= 4 is 5.91 Å². The number of benzene rings is 2. The van der Waals surface area contributed by atoms with Crippen LogP contribution < -0.4 is 10.6 Å². The number of nitrogens with one attached hydrogen (secondary N) is 2. The van der Waals surface area contributed by atoms with E-state index >= 15 is 0 Å². The standard InChI is InChI=1S/C23H28N4O/c1-23(2,3)25-15-14-24-21(28)17-27-22(19-12-8-5-9-13-19)20(16-26-27)18-10-6-4-7-11-18/h4-13,16,25H,14-15,17H2,1-3H3,(H,24,28). The van der Waals surface area contributed by atoms with Crippen molar-refractivity contribution in [3.8, 4) is 22.4 Å². The molecule has 3 aromatic rings. The predicted octanol–water partition coefficient (Wildman–Crippen LogP) is 3.72. The molecule has 0 aliphatic carbocycles. The molecular formula is C23H28N4O. The number of hydrogen-bond donors (Lipinski definition) is 2. The third-order valence-corrected chi connectivity index (χ3v) is 4.37. The van der Waals surface area contributed by atoms with Gasteiger partial charge in [0.15, 0.2) is 0 Å². The summed E-state index contributed by atoms with van der Waals surface area (Å²) in [6.07, 6.45) is 1.84. The van der Waals surface area contributed by atoms with Gasteiger partial charge in [-0.2, -0.15) is 5.10 Å². The lowest BCUT2D eigenvalue weighted by Gasteiger charge is -2.20. The molecule has 0 atom stereocenters. The van der Waals surface area contributed by atoms with Gasteiger partial charge in [-0.05, 0) is 26.3 Å². The fourth-order valence-corrected chi connectivity index (χ4v) is 3.07. The van der Waals surface area contributed by atoms with Crippen LogP contribution in [0, 0.1) is 0 Å². The largest absolute Gasteiger partial charge is 0.353 e. The van der Waals surface area contributed by atoms with Gasteiger partial charge in [0.1, 0.15) is 6.54 Å². The Morgan fingerprint density at radius 1 is 0.929 bits per heavy atom. The van der Waals surface area contributed by atoms with E-state index in [9.17, 15) is 4.79 Å². The summed E-state index contributed by atoms with van der Waals surface area (Å²) in [5.74, 6) is -0.0457. The minimum Gasteiger partial charge on any atom is -0.353 e. The van der Waals surface area contributed by atoms with E-state index in [1.807, 2.05) is 54.7 Å². The Labute approximate surface area is 166 Å². The number of aromatic nitrogens is 2. The van der Waals surface area contributed by atoms with E-state index in [2.05, 4.69) is 48.6 Å². The molecule has 5 heteroatoms. The average Bonchev–Trinajstić information content (AvgIpc) is 3.09. The molecule has 0 radical (unpaired) electrons. The van der Waals surface area contributed by atoms with E-state index in [-0.39, 0.29) is 18.0 Å². The summed E-state index contributed by atoms with van der Waals surface area (Å²) in [7, 11) is 0. The Morgan fingerprint density at radius 2 is 1.54 bits per heavy atom. The van der Waals surface area contributed by atoms with Gasteiger partial charge in [-0.15, -0.1) is 0 Å². The Hall–Kier alpha value is -2.92. The summed E-state index contributed by atoms with van der Waals surface area (Å²) in [6, 6.07) is 20.2. The smallest absolute Gasteiger partial charge is 0.241 e. The molecule has 1 heterocycles. The van der Waals surface area contributed by atoms with Crippen LogP contribution in [0.4, 0.5) is 0 Å². The molecule has 2 N–H and O–H groups in total. The molecule has 0 unspecified atom stereocenters. The van der Waals surface area contributed by atoms with E-state index < -0.39 is 0 Å². The Kier molecular flexibility index (Phi) is 6.26. The Morgan fingerprint density at radius 3 is 2.14 bits per heavy atom. The van der Waals surface area contributed by atoms with Crippen LogP contribution in [0.15, 0.2) is 66.9 Å². The SMILES string of the molecule is CC(C)(C)NCCNC(=O)Cn1ncc(-c2ccccc2)c1-c1ccccc1. The third kappa shape index (κ3) is 5.30. The molecule has 0 aliphatic rings. The Balaban J connectivity index is 1.78. The molecule has 0 bridgehead atoms. The van der Waals surface area contributed by atoms with Gasteiger partial charge < -0.3 is 10.6 Å². The van der Waals surface area contributed by atoms with Crippen molar-refractivity contribution in [2.45, 2.75) is 32.9 Å². The summed E-state index contributed by atoms with van der Waals surface area (Å²) >= 11 is 0. The van der Waals surface area contributed by atoms with E-state index in [4.69, 9.17) is 0 Å². The lowest BCUT2D eigenvalue weighted by molar-refractivity contribution is -0.121. The van der Waals surface area contributed by atoms with Crippen LogP contribution >= 0.6 is 0 Å². The summed E-state index contributed by atoms with van der Waals surface area (Å²) in [6.45, 7) is 7.83. The fraction of sp³-hybridized carbons (Fsp3) is 0.304. The van der Waals surface area contributed by atoms with Crippen molar-refractivity contribution in [1.29, 1.82) is 0 Å². The lowest BCUT2D eigenvalue weighted by atomic mass is 10.0. The van der Waals surface area contributed by atoms with Crippen LogP contribution in [0.5, 0.6) is 0 Å². The first-order valence-corrected chi connectivity index (χ1v) is 9.62. The predicted molar refractivity (Wildman–Crippen MR) is 114 cm³/mol. The molecule has 1 aromatic heterocycles. The number of carbonyl (C=O) groups excluding carboxylic acids is 1. The normalized spacial score (nSPS) is 11.4. The van der Waals surface area contributed by atoms with Gasteiger partial charge in [-0.1, -0.05) is 60.7 Å². The number of nitrogens with zero attached hydrogens (tertiary/aromatic N) is 2. The molecule has 28 heavy (non-hydrogen) atoms. The first-order chi connectivity index (χ1) is 13.4. The second-order valence-corrected chi connectivity index (χ2v) is 7.82. The highest BCUT2D eigenvalue weighted by molar-refractivity contribution is 5.82. The van der Waals surface area contributed by atoms with Gasteiger partial charge in [0.25, 0.3) is 0 Å². The van der Waals surface area contributed by atoms with Crippen LogP contribution in [-0.4, -0.2) is 34.3 Å². The fourth-order valence-electron chi connectivity index (χ4n) is 3.07. The monoisotopic (exact) mass is 376 g/mol. The maximum absolute atomic E-state index is 12.5. The highest BCUT2D eigenvalue weighted by Crippen LogP contribution is 2.31. The van der Waals surface area contributed by atoms with Crippen molar-refractivity contribution in [3.05, 3.63) is 66.9 Å². The average molecular weight is 377 g/mol. The van der Waals surface area contributed by atoms with Gasteiger partial charge in [-0.3, -0.25) is 9.48 Å². The molecule has 0 fully saturated rings. The van der Waals surface area contributed by atoms with Crippen molar-refractivity contribution in [2.24, 2.45) is 0 Å². The number of hydrogen-bond acceptors (Lipinski definition) is 3. The van der Waals surface area contributed by atoms with Gasteiger partial charge >= 0.3 is 0 Å². The quantitative estimate of drug-likeness (QED) is 0.618. The molecule has 5 nitrogen and oxygen atoms in total. The first-order valence-electron chi connectivity index (χ1n) is 9.62. The van der Waals surface area contributed by atoms with Gasteiger partial charge in [0.2, 0.25) is 5.91 Å². The first kappa shape index (κ1) is 19.8. The van der Waals surface area contributed by atoms with E-state index in [0.717, 1.165) is 28.9 Å². The summed E-state index contributed by atoms with van der Waals surface area (Å²) in [5, 5.41) is 10.9. The Bertz CT molecular complexity index is 895. The van der Waals surface area contributed by atoms with Crippen LogP contribution in [0.2, 0.25) is 0 Å². The number of rotatable bonds is 7. The van der Waals surface area contributed by atoms with Crippen molar-refractivity contribution in [1.82, 2.24) is 20.4 Å². The number of amides is 1. The van der Waals surface area contributed by atoms with Crippen LogP contribution in [0.3, 0.4) is 0 Å². The molecular weight excluding hydrogens is 348 g/mol. The molecule has 3 rings (SSSR count). The zero-order chi connectivity index (χ0) is 20.0. The highest BCUT2D eigenvalue weighted by Gasteiger charge is 2.16. The van der Waals surface area contributed by atoms with Crippen molar-refractivity contribution < 1.29 is 4.79 Å². The van der Waals surface area contributed by atoms with Gasteiger partial charge in [0, 0.05) is 29.8 Å². The molecule has 146 valence electrons. The minimum atomic E-state index is -0.0457. The molecule has 0 saturated carbocycles. The second kappa shape index (κ2) is 8.85. The van der Waals surface area contributed by atoms with E-state index in [1.165, 1.54) is 0 Å². The van der Waals surface area contributed by atoms with Crippen LogP contribution in [0.1, 0.15) is 20.8 Å². The van der Waals surface area contributed by atoms with Crippen LogP contribution in [-0.2, 0) is 11.3 Å². The molecule has 2 aromatic carbocycles. The van der Waals surface area contributed by atoms with Crippen molar-refractivity contribution in [2.75, 3.05) is 13.1 Å². The van der Waals surface area contributed by atoms with Crippen LogP contribution in [0.25, 0.3) is 22.4 Å². The highest BCUT2D eigenvalue weighted by atomic mass is 16.2. The maximum Gasteiger partial charge on any atom is 0.241 e. The zero-order valence-corrected chi connectivity index (χ0v) is 16.8. The zero-order valence-electron chi connectivity index (χ0n) is 16.8. The molecule has 0 saturated heterocycles. The maximum atomic E-state index is 12.5.